The van der Waals surface area contributed by atoms with E-state index in [9.17, 15) is 9.59 Å². The van der Waals surface area contributed by atoms with E-state index >= 15 is 0 Å². The number of amides is 2. The van der Waals surface area contributed by atoms with E-state index in [4.69, 9.17) is 0 Å². The van der Waals surface area contributed by atoms with E-state index in [2.05, 4.69) is 56.9 Å². The topological polar surface area (TPSA) is 92.2 Å². The van der Waals surface area contributed by atoms with Crippen molar-refractivity contribution in [1.29, 1.82) is 0 Å². The summed E-state index contributed by atoms with van der Waals surface area (Å²) < 4.78 is 2.04. The summed E-state index contributed by atoms with van der Waals surface area (Å²) in [4.78, 5) is 26.2. The SMILES string of the molecule is CC(=O)Nc1cccc(NC(=O)CSc2nnc(N3CCCCC3)n2-c2ccc(C)cc2)c1. The molecule has 172 valence electrons. The Morgan fingerprint density at radius 1 is 0.970 bits per heavy atom. The monoisotopic (exact) mass is 464 g/mol. The molecule has 1 fully saturated rings. The van der Waals surface area contributed by atoms with Gasteiger partial charge in [0.05, 0.1) is 11.4 Å². The molecule has 1 saturated heterocycles. The minimum absolute atomic E-state index is 0.155. The molecule has 0 unspecified atom stereocenters. The van der Waals surface area contributed by atoms with Gasteiger partial charge in [-0.05, 0) is 56.5 Å². The molecule has 2 heterocycles. The summed E-state index contributed by atoms with van der Waals surface area (Å²) in [5, 5.41) is 15.2. The molecule has 2 N–H and O–H groups in total. The fourth-order valence-corrected chi connectivity index (χ4v) is 4.53. The fraction of sp³-hybridized carbons (Fsp3) is 0.333. The van der Waals surface area contributed by atoms with Crippen LogP contribution in [0.25, 0.3) is 5.69 Å². The van der Waals surface area contributed by atoms with Gasteiger partial charge in [0.2, 0.25) is 17.8 Å². The van der Waals surface area contributed by atoms with Crippen molar-refractivity contribution in [2.75, 3.05) is 34.4 Å². The number of thioether (sulfide) groups is 1. The van der Waals surface area contributed by atoms with Crippen LogP contribution in [0.3, 0.4) is 0 Å². The minimum atomic E-state index is -0.158. The van der Waals surface area contributed by atoms with Crippen molar-refractivity contribution in [3.05, 3.63) is 54.1 Å². The lowest BCUT2D eigenvalue weighted by atomic mass is 10.1. The van der Waals surface area contributed by atoms with Gasteiger partial charge in [-0.3, -0.25) is 14.2 Å². The zero-order valence-corrected chi connectivity index (χ0v) is 19.7. The number of nitrogens with one attached hydrogen (secondary N) is 2. The van der Waals surface area contributed by atoms with Crippen molar-refractivity contribution in [3.8, 4) is 5.69 Å². The zero-order valence-electron chi connectivity index (χ0n) is 18.9. The van der Waals surface area contributed by atoms with Crippen LogP contribution in [-0.2, 0) is 9.59 Å². The third-order valence-electron chi connectivity index (χ3n) is 5.35. The van der Waals surface area contributed by atoms with Gasteiger partial charge in [-0.15, -0.1) is 10.2 Å². The number of nitrogens with zero attached hydrogens (tertiary/aromatic N) is 4. The zero-order chi connectivity index (χ0) is 23.2. The molecule has 3 aromatic rings. The number of hydrogen-bond donors (Lipinski definition) is 2. The van der Waals surface area contributed by atoms with E-state index in [0.29, 0.717) is 16.5 Å². The summed E-state index contributed by atoms with van der Waals surface area (Å²) in [6, 6.07) is 15.3. The minimum Gasteiger partial charge on any atom is -0.341 e. The van der Waals surface area contributed by atoms with Gasteiger partial charge in [-0.1, -0.05) is 35.5 Å². The van der Waals surface area contributed by atoms with E-state index < -0.39 is 0 Å². The number of hydrogen-bond acceptors (Lipinski definition) is 6. The van der Waals surface area contributed by atoms with E-state index in [-0.39, 0.29) is 17.6 Å². The van der Waals surface area contributed by atoms with E-state index in [0.717, 1.165) is 37.6 Å². The second-order valence-corrected chi connectivity index (χ2v) is 9.04. The summed E-state index contributed by atoms with van der Waals surface area (Å²) in [7, 11) is 0. The quantitative estimate of drug-likeness (QED) is 0.508. The van der Waals surface area contributed by atoms with Gasteiger partial charge in [0, 0.05) is 31.4 Å². The fourth-order valence-electron chi connectivity index (χ4n) is 3.78. The maximum Gasteiger partial charge on any atom is 0.234 e. The van der Waals surface area contributed by atoms with Gasteiger partial charge in [-0.25, -0.2) is 0 Å². The first kappa shape index (κ1) is 22.8. The number of rotatable bonds is 7. The Bertz CT molecular complexity index is 1120. The lowest BCUT2D eigenvalue weighted by Gasteiger charge is -2.27. The molecule has 0 bridgehead atoms. The second kappa shape index (κ2) is 10.5. The Morgan fingerprint density at radius 2 is 1.67 bits per heavy atom. The Hall–Kier alpha value is -3.33. The highest BCUT2D eigenvalue weighted by molar-refractivity contribution is 7.99. The predicted molar refractivity (Wildman–Crippen MR) is 132 cm³/mol. The molecule has 0 saturated carbocycles. The molecule has 1 aromatic heterocycles. The van der Waals surface area contributed by atoms with Crippen molar-refractivity contribution in [2.45, 2.75) is 38.3 Å². The third-order valence-corrected chi connectivity index (χ3v) is 6.28. The predicted octanol–water partition coefficient (Wildman–Crippen LogP) is 4.26. The van der Waals surface area contributed by atoms with Crippen LogP contribution < -0.4 is 15.5 Å². The first-order valence-corrected chi connectivity index (χ1v) is 12.1. The third kappa shape index (κ3) is 5.92. The molecule has 0 radical (unpaired) electrons. The number of benzene rings is 2. The van der Waals surface area contributed by atoms with E-state index in [1.54, 1.807) is 24.3 Å². The molecule has 2 aromatic carbocycles. The molecule has 33 heavy (non-hydrogen) atoms. The van der Waals surface area contributed by atoms with Crippen LogP contribution in [0.1, 0.15) is 31.7 Å². The molecule has 1 aliphatic rings. The number of aryl methyl sites for hydroxylation is 1. The van der Waals surface area contributed by atoms with Gasteiger partial charge < -0.3 is 15.5 Å². The molecule has 0 atom stereocenters. The van der Waals surface area contributed by atoms with Gasteiger partial charge in [0.1, 0.15) is 0 Å². The van der Waals surface area contributed by atoms with E-state index in [1.807, 2.05) is 4.57 Å². The molecule has 8 nitrogen and oxygen atoms in total. The molecular weight excluding hydrogens is 436 g/mol. The number of anilines is 3. The molecule has 0 spiro atoms. The number of carbonyl (C=O) groups is 2. The summed E-state index contributed by atoms with van der Waals surface area (Å²) in [5.41, 5.74) is 3.43. The van der Waals surface area contributed by atoms with Crippen molar-refractivity contribution >= 4 is 40.9 Å². The second-order valence-electron chi connectivity index (χ2n) is 8.10. The average Bonchev–Trinajstić information content (AvgIpc) is 3.22. The number of piperidine rings is 1. The van der Waals surface area contributed by atoms with Crippen molar-refractivity contribution in [1.82, 2.24) is 14.8 Å². The lowest BCUT2D eigenvalue weighted by Crippen LogP contribution is -2.31. The van der Waals surface area contributed by atoms with Crippen molar-refractivity contribution < 1.29 is 9.59 Å². The summed E-state index contributed by atoms with van der Waals surface area (Å²) in [5.74, 6) is 0.699. The van der Waals surface area contributed by atoms with Crippen molar-refractivity contribution in [3.63, 3.8) is 0 Å². The molecular formula is C24H28N6O2S. The van der Waals surface area contributed by atoms with Crippen LogP contribution in [0, 0.1) is 6.92 Å². The summed E-state index contributed by atoms with van der Waals surface area (Å²) in [6.07, 6.45) is 3.52. The first-order valence-electron chi connectivity index (χ1n) is 11.1. The van der Waals surface area contributed by atoms with Crippen LogP contribution >= 0.6 is 11.8 Å². The molecule has 4 rings (SSSR count). The number of carbonyl (C=O) groups excluding carboxylic acids is 2. The normalized spacial score (nSPS) is 13.6. The Balaban J connectivity index is 1.49. The maximum absolute atomic E-state index is 12.6. The average molecular weight is 465 g/mol. The van der Waals surface area contributed by atoms with Crippen LogP contribution in [-0.4, -0.2) is 45.4 Å². The van der Waals surface area contributed by atoms with Crippen LogP contribution in [0.4, 0.5) is 17.3 Å². The molecule has 9 heteroatoms. The first-order chi connectivity index (χ1) is 16.0. The largest absolute Gasteiger partial charge is 0.341 e. The lowest BCUT2D eigenvalue weighted by molar-refractivity contribution is -0.114. The Morgan fingerprint density at radius 3 is 2.36 bits per heavy atom. The summed E-state index contributed by atoms with van der Waals surface area (Å²) in [6.45, 7) is 5.42. The Kier molecular flexibility index (Phi) is 7.29. The summed E-state index contributed by atoms with van der Waals surface area (Å²) >= 11 is 1.35. The highest BCUT2D eigenvalue weighted by atomic mass is 32.2. The van der Waals surface area contributed by atoms with E-state index in [1.165, 1.54) is 30.7 Å². The van der Waals surface area contributed by atoms with Crippen LogP contribution in [0.15, 0.2) is 53.7 Å². The molecule has 0 aliphatic carbocycles. The highest BCUT2D eigenvalue weighted by Crippen LogP contribution is 2.28. The van der Waals surface area contributed by atoms with Gasteiger partial charge >= 0.3 is 0 Å². The highest BCUT2D eigenvalue weighted by Gasteiger charge is 2.22. The standard InChI is InChI=1S/C24H28N6O2S/c1-17-9-11-21(12-10-17)30-23(29-13-4-3-5-14-29)27-28-24(30)33-16-22(32)26-20-8-6-7-19(15-20)25-18(2)31/h6-12,15H,3-5,13-14,16H2,1-2H3,(H,25,31)(H,26,32). The molecule has 2 amide bonds. The molecule has 1 aliphatic heterocycles. The van der Waals surface area contributed by atoms with Gasteiger partial charge in [-0.2, -0.15) is 0 Å². The van der Waals surface area contributed by atoms with Gasteiger partial charge in [0.25, 0.3) is 0 Å². The van der Waals surface area contributed by atoms with Gasteiger partial charge in [0.15, 0.2) is 5.16 Å². The van der Waals surface area contributed by atoms with Crippen molar-refractivity contribution in [2.24, 2.45) is 0 Å². The number of aromatic nitrogens is 3. The maximum atomic E-state index is 12.6. The van der Waals surface area contributed by atoms with Crippen LogP contribution in [0.2, 0.25) is 0 Å². The van der Waals surface area contributed by atoms with Crippen LogP contribution in [0.5, 0.6) is 0 Å². The smallest absolute Gasteiger partial charge is 0.234 e. The Labute approximate surface area is 197 Å².